The minimum atomic E-state index is 0.195. The first kappa shape index (κ1) is 13.5. The third-order valence-electron chi connectivity index (χ3n) is 3.40. The summed E-state index contributed by atoms with van der Waals surface area (Å²) in [6, 6.07) is 13.8. The van der Waals surface area contributed by atoms with Crippen molar-refractivity contribution in [1.29, 1.82) is 0 Å². The molecule has 2 aromatic heterocycles. The van der Waals surface area contributed by atoms with Gasteiger partial charge >= 0.3 is 0 Å². The Balaban J connectivity index is 1.58. The van der Waals surface area contributed by atoms with E-state index in [0.29, 0.717) is 6.54 Å². The van der Waals surface area contributed by atoms with E-state index in [1.165, 1.54) is 17.1 Å². The lowest BCUT2D eigenvalue weighted by Crippen LogP contribution is -2.17. The van der Waals surface area contributed by atoms with Crippen LogP contribution < -0.4 is 5.32 Å². The van der Waals surface area contributed by atoms with E-state index in [0.717, 1.165) is 24.2 Å². The number of para-hydroxylation sites is 1. The molecule has 0 radical (unpaired) electrons. The minimum Gasteiger partial charge on any atom is -0.506 e. The lowest BCUT2D eigenvalue weighted by atomic mass is 10.1. The number of nitrogens with zero attached hydrogens (tertiary/aromatic N) is 2. The van der Waals surface area contributed by atoms with Crippen LogP contribution in [-0.4, -0.2) is 21.6 Å². The SMILES string of the molecule is Oc1ccc(CNCCc2cccc3cccnc23)nc1. The van der Waals surface area contributed by atoms with Gasteiger partial charge in [-0.25, -0.2) is 0 Å². The van der Waals surface area contributed by atoms with Crippen molar-refractivity contribution in [3.63, 3.8) is 0 Å². The topological polar surface area (TPSA) is 58.0 Å². The van der Waals surface area contributed by atoms with Crippen molar-refractivity contribution >= 4 is 10.9 Å². The summed E-state index contributed by atoms with van der Waals surface area (Å²) in [5.74, 6) is 0.195. The third kappa shape index (κ3) is 3.35. The molecule has 0 aliphatic heterocycles. The van der Waals surface area contributed by atoms with Gasteiger partial charge in [-0.3, -0.25) is 9.97 Å². The Kier molecular flexibility index (Phi) is 4.07. The second-order valence-electron chi connectivity index (χ2n) is 4.93. The molecule has 0 unspecified atom stereocenters. The monoisotopic (exact) mass is 279 g/mol. The molecule has 2 N–H and O–H groups in total. The quantitative estimate of drug-likeness (QED) is 0.705. The average molecular weight is 279 g/mol. The van der Waals surface area contributed by atoms with Gasteiger partial charge in [0.05, 0.1) is 17.4 Å². The number of hydrogen-bond donors (Lipinski definition) is 2. The normalized spacial score (nSPS) is 10.9. The Morgan fingerprint density at radius 3 is 2.76 bits per heavy atom. The maximum absolute atomic E-state index is 9.19. The Hall–Kier alpha value is -2.46. The summed E-state index contributed by atoms with van der Waals surface area (Å²) in [6.07, 6.45) is 4.22. The van der Waals surface area contributed by atoms with Crippen molar-refractivity contribution in [3.8, 4) is 5.75 Å². The van der Waals surface area contributed by atoms with Crippen LogP contribution in [0.3, 0.4) is 0 Å². The zero-order valence-electron chi connectivity index (χ0n) is 11.7. The zero-order chi connectivity index (χ0) is 14.5. The average Bonchev–Trinajstić information content (AvgIpc) is 2.53. The fraction of sp³-hybridized carbons (Fsp3) is 0.176. The van der Waals surface area contributed by atoms with Crippen LogP contribution in [0.15, 0.2) is 54.9 Å². The van der Waals surface area contributed by atoms with Gasteiger partial charge < -0.3 is 10.4 Å². The van der Waals surface area contributed by atoms with Crippen LogP contribution in [0.4, 0.5) is 0 Å². The van der Waals surface area contributed by atoms with Crippen LogP contribution in [0.1, 0.15) is 11.3 Å². The molecule has 1 aromatic carbocycles. The third-order valence-corrected chi connectivity index (χ3v) is 3.40. The Morgan fingerprint density at radius 2 is 1.90 bits per heavy atom. The van der Waals surface area contributed by atoms with E-state index in [4.69, 9.17) is 0 Å². The summed E-state index contributed by atoms with van der Waals surface area (Å²) in [5, 5.41) is 13.7. The maximum atomic E-state index is 9.19. The van der Waals surface area contributed by atoms with Gasteiger partial charge in [-0.15, -0.1) is 0 Å². The Labute approximate surface area is 123 Å². The number of pyridine rings is 2. The summed E-state index contributed by atoms with van der Waals surface area (Å²) in [5.41, 5.74) is 3.24. The lowest BCUT2D eigenvalue weighted by Gasteiger charge is -2.07. The van der Waals surface area contributed by atoms with Crippen molar-refractivity contribution in [2.75, 3.05) is 6.54 Å². The number of fused-ring (bicyclic) bond motifs is 1. The molecule has 0 fully saturated rings. The van der Waals surface area contributed by atoms with Crippen LogP contribution in [0.5, 0.6) is 5.75 Å². The highest BCUT2D eigenvalue weighted by Gasteiger charge is 2.01. The van der Waals surface area contributed by atoms with Gasteiger partial charge in [-0.05, 0) is 36.7 Å². The molecular weight excluding hydrogens is 262 g/mol. The van der Waals surface area contributed by atoms with E-state index in [-0.39, 0.29) is 5.75 Å². The van der Waals surface area contributed by atoms with Crippen molar-refractivity contribution in [2.24, 2.45) is 0 Å². The summed E-state index contributed by atoms with van der Waals surface area (Å²) in [6.45, 7) is 1.55. The van der Waals surface area contributed by atoms with Gasteiger partial charge in [0.15, 0.2) is 0 Å². The first-order valence-corrected chi connectivity index (χ1v) is 7.00. The van der Waals surface area contributed by atoms with E-state index >= 15 is 0 Å². The van der Waals surface area contributed by atoms with E-state index in [1.54, 1.807) is 6.07 Å². The Morgan fingerprint density at radius 1 is 1.00 bits per heavy atom. The molecule has 106 valence electrons. The van der Waals surface area contributed by atoms with Gasteiger partial charge in [-0.2, -0.15) is 0 Å². The molecule has 2 heterocycles. The summed E-state index contributed by atoms with van der Waals surface area (Å²) >= 11 is 0. The van der Waals surface area contributed by atoms with Crippen molar-refractivity contribution in [1.82, 2.24) is 15.3 Å². The molecule has 4 nitrogen and oxygen atoms in total. The fourth-order valence-corrected chi connectivity index (χ4v) is 2.33. The summed E-state index contributed by atoms with van der Waals surface area (Å²) < 4.78 is 0. The number of hydrogen-bond acceptors (Lipinski definition) is 4. The van der Waals surface area contributed by atoms with Crippen LogP contribution in [0.2, 0.25) is 0 Å². The molecule has 0 saturated heterocycles. The molecule has 0 aliphatic carbocycles. The summed E-state index contributed by atoms with van der Waals surface area (Å²) in [4.78, 5) is 8.61. The van der Waals surface area contributed by atoms with Crippen LogP contribution in [0, 0.1) is 0 Å². The number of benzene rings is 1. The van der Waals surface area contributed by atoms with E-state index < -0.39 is 0 Å². The number of aromatic hydroxyl groups is 1. The van der Waals surface area contributed by atoms with Gasteiger partial charge in [0.2, 0.25) is 0 Å². The smallest absolute Gasteiger partial charge is 0.133 e. The van der Waals surface area contributed by atoms with Crippen molar-refractivity contribution in [3.05, 3.63) is 66.1 Å². The highest BCUT2D eigenvalue weighted by Crippen LogP contribution is 2.16. The highest BCUT2D eigenvalue weighted by atomic mass is 16.3. The van der Waals surface area contributed by atoms with Crippen molar-refractivity contribution < 1.29 is 5.11 Å². The first-order chi connectivity index (χ1) is 10.3. The van der Waals surface area contributed by atoms with Crippen molar-refractivity contribution in [2.45, 2.75) is 13.0 Å². The molecule has 3 rings (SSSR count). The molecule has 0 spiro atoms. The molecule has 0 bridgehead atoms. The van der Waals surface area contributed by atoms with Gasteiger partial charge in [0, 0.05) is 18.1 Å². The highest BCUT2D eigenvalue weighted by molar-refractivity contribution is 5.81. The van der Waals surface area contributed by atoms with Gasteiger partial charge in [-0.1, -0.05) is 24.3 Å². The maximum Gasteiger partial charge on any atom is 0.133 e. The molecule has 0 amide bonds. The molecule has 21 heavy (non-hydrogen) atoms. The number of aromatic nitrogens is 2. The molecule has 0 saturated carbocycles. The fourth-order valence-electron chi connectivity index (χ4n) is 2.33. The van der Waals surface area contributed by atoms with Gasteiger partial charge in [0.1, 0.15) is 5.75 Å². The first-order valence-electron chi connectivity index (χ1n) is 7.00. The molecular formula is C17H17N3O. The molecule has 4 heteroatoms. The van der Waals surface area contributed by atoms with E-state index in [1.807, 2.05) is 18.3 Å². The largest absolute Gasteiger partial charge is 0.506 e. The van der Waals surface area contributed by atoms with Gasteiger partial charge in [0.25, 0.3) is 0 Å². The van der Waals surface area contributed by atoms with Crippen LogP contribution >= 0.6 is 0 Å². The second kappa shape index (κ2) is 6.33. The summed E-state index contributed by atoms with van der Waals surface area (Å²) in [7, 11) is 0. The molecule has 0 atom stereocenters. The second-order valence-corrected chi connectivity index (χ2v) is 4.93. The Bertz CT molecular complexity index is 720. The number of nitrogens with one attached hydrogen (secondary N) is 1. The van der Waals surface area contributed by atoms with E-state index in [9.17, 15) is 5.11 Å². The predicted molar refractivity (Wildman–Crippen MR) is 83.1 cm³/mol. The number of rotatable bonds is 5. The van der Waals surface area contributed by atoms with E-state index in [2.05, 4.69) is 39.6 Å². The zero-order valence-corrected chi connectivity index (χ0v) is 11.7. The minimum absolute atomic E-state index is 0.195. The molecule has 0 aliphatic rings. The molecule has 3 aromatic rings. The van der Waals surface area contributed by atoms with Crippen LogP contribution in [0.25, 0.3) is 10.9 Å². The van der Waals surface area contributed by atoms with Crippen LogP contribution in [-0.2, 0) is 13.0 Å². The standard InChI is InChI=1S/C17H17N3O/c21-16-7-6-15(20-12-16)11-18-10-8-14-4-1-3-13-5-2-9-19-17(13)14/h1-7,9,12,18,21H,8,10-11H2. The lowest BCUT2D eigenvalue weighted by molar-refractivity contribution is 0.471. The predicted octanol–water partition coefficient (Wildman–Crippen LogP) is 2.67.